The Morgan fingerprint density at radius 3 is 2.28 bits per heavy atom. The lowest BCUT2D eigenvalue weighted by molar-refractivity contribution is -0.140. The Labute approximate surface area is 117 Å². The molecule has 0 saturated carbocycles. The Hall–Kier alpha value is -0.870. The van der Waals surface area contributed by atoms with E-state index >= 15 is 0 Å². The average molecular weight is 314 g/mol. The number of carboxylic acids is 1. The first-order chi connectivity index (χ1) is 8.40. The second kappa shape index (κ2) is 6.90. The molecule has 18 heavy (non-hydrogen) atoms. The van der Waals surface area contributed by atoms with Crippen molar-refractivity contribution in [3.05, 3.63) is 34.3 Å². The molecule has 100 valence electrons. The minimum atomic E-state index is -0.785. The largest absolute Gasteiger partial charge is 0.480 e. The van der Waals surface area contributed by atoms with Crippen molar-refractivity contribution in [3.8, 4) is 0 Å². The van der Waals surface area contributed by atoms with Crippen molar-refractivity contribution < 1.29 is 9.90 Å². The van der Waals surface area contributed by atoms with Gasteiger partial charge in [0.1, 0.15) is 6.04 Å². The lowest BCUT2D eigenvalue weighted by Gasteiger charge is -2.22. The molecule has 0 aliphatic carbocycles. The smallest absolute Gasteiger partial charge is 0.320 e. The van der Waals surface area contributed by atoms with Crippen LogP contribution in [0, 0.1) is 5.92 Å². The Morgan fingerprint density at radius 1 is 1.28 bits per heavy atom. The van der Waals surface area contributed by atoms with E-state index < -0.39 is 12.0 Å². The minimum absolute atomic E-state index is 0.0259. The van der Waals surface area contributed by atoms with E-state index in [9.17, 15) is 9.90 Å². The topological polar surface area (TPSA) is 49.3 Å². The number of carbonyl (C=O) groups is 1. The molecular weight excluding hydrogens is 294 g/mol. The number of halogens is 1. The van der Waals surface area contributed by atoms with Crippen LogP contribution in [0.4, 0.5) is 0 Å². The maximum atomic E-state index is 11.2. The maximum absolute atomic E-state index is 11.2. The van der Waals surface area contributed by atoms with Crippen molar-refractivity contribution in [1.82, 2.24) is 5.32 Å². The van der Waals surface area contributed by atoms with Gasteiger partial charge in [0.25, 0.3) is 0 Å². The highest BCUT2D eigenvalue weighted by Gasteiger charge is 2.21. The predicted octanol–water partition coefficient (Wildman–Crippen LogP) is 3.60. The molecule has 0 aliphatic heterocycles. The summed E-state index contributed by atoms with van der Waals surface area (Å²) in [5, 5.41) is 12.4. The van der Waals surface area contributed by atoms with Gasteiger partial charge in [0, 0.05) is 10.5 Å². The maximum Gasteiger partial charge on any atom is 0.320 e. The fourth-order valence-corrected chi connectivity index (χ4v) is 2.13. The Morgan fingerprint density at radius 2 is 1.83 bits per heavy atom. The average Bonchev–Trinajstić information content (AvgIpc) is 2.28. The Balaban J connectivity index is 2.68. The first kappa shape index (κ1) is 15.2. The van der Waals surface area contributed by atoms with Crippen LogP contribution in [-0.2, 0) is 4.79 Å². The van der Waals surface area contributed by atoms with Gasteiger partial charge in [-0.3, -0.25) is 10.1 Å². The van der Waals surface area contributed by atoms with Gasteiger partial charge in [0.05, 0.1) is 0 Å². The third kappa shape index (κ3) is 4.78. The predicted molar refractivity (Wildman–Crippen MR) is 76.6 cm³/mol. The van der Waals surface area contributed by atoms with Gasteiger partial charge in [-0.1, -0.05) is 41.9 Å². The fraction of sp³-hybridized carbons (Fsp3) is 0.500. The molecule has 2 atom stereocenters. The number of hydrogen-bond donors (Lipinski definition) is 2. The zero-order valence-corrected chi connectivity index (χ0v) is 12.6. The van der Waals surface area contributed by atoms with Crippen molar-refractivity contribution >= 4 is 21.9 Å². The number of benzene rings is 1. The summed E-state index contributed by atoms with van der Waals surface area (Å²) in [6.07, 6.45) is 0.635. The first-order valence-corrected chi connectivity index (χ1v) is 6.93. The molecule has 0 aliphatic rings. The van der Waals surface area contributed by atoms with E-state index in [1.54, 1.807) is 0 Å². The molecule has 0 fully saturated rings. The number of aliphatic carboxylic acids is 1. The van der Waals surface area contributed by atoms with Crippen LogP contribution in [0.1, 0.15) is 38.8 Å². The van der Waals surface area contributed by atoms with Gasteiger partial charge in [-0.15, -0.1) is 0 Å². The van der Waals surface area contributed by atoms with E-state index in [4.69, 9.17) is 0 Å². The molecule has 0 aromatic heterocycles. The normalized spacial score (nSPS) is 14.5. The van der Waals surface area contributed by atoms with E-state index in [1.807, 2.05) is 45.0 Å². The quantitative estimate of drug-likeness (QED) is 0.843. The summed E-state index contributed by atoms with van der Waals surface area (Å²) in [4.78, 5) is 11.2. The summed E-state index contributed by atoms with van der Waals surface area (Å²) in [7, 11) is 0. The summed E-state index contributed by atoms with van der Waals surface area (Å²) >= 11 is 3.39. The zero-order chi connectivity index (χ0) is 13.7. The molecule has 0 radical (unpaired) electrons. The van der Waals surface area contributed by atoms with Gasteiger partial charge >= 0.3 is 5.97 Å². The summed E-state index contributed by atoms with van der Waals surface area (Å²) in [6.45, 7) is 6.04. The van der Waals surface area contributed by atoms with Crippen LogP contribution in [0.3, 0.4) is 0 Å². The minimum Gasteiger partial charge on any atom is -0.480 e. The van der Waals surface area contributed by atoms with Crippen LogP contribution < -0.4 is 5.32 Å². The van der Waals surface area contributed by atoms with Gasteiger partial charge in [-0.05, 0) is 37.0 Å². The van der Waals surface area contributed by atoms with Crippen LogP contribution in [-0.4, -0.2) is 17.1 Å². The van der Waals surface area contributed by atoms with Crippen LogP contribution >= 0.6 is 15.9 Å². The first-order valence-electron chi connectivity index (χ1n) is 6.14. The number of nitrogens with one attached hydrogen (secondary N) is 1. The molecule has 1 aromatic carbocycles. The molecule has 0 saturated heterocycles. The van der Waals surface area contributed by atoms with E-state index in [-0.39, 0.29) is 6.04 Å². The highest BCUT2D eigenvalue weighted by Crippen LogP contribution is 2.18. The molecule has 2 unspecified atom stereocenters. The van der Waals surface area contributed by atoms with Crippen molar-refractivity contribution in [2.45, 2.75) is 39.3 Å². The number of hydrogen-bond acceptors (Lipinski definition) is 2. The van der Waals surface area contributed by atoms with Crippen molar-refractivity contribution in [2.24, 2.45) is 5.92 Å². The molecule has 3 nitrogen and oxygen atoms in total. The summed E-state index contributed by atoms with van der Waals surface area (Å²) < 4.78 is 1.02. The molecule has 0 amide bonds. The summed E-state index contributed by atoms with van der Waals surface area (Å²) in [5.41, 5.74) is 1.09. The van der Waals surface area contributed by atoms with E-state index in [0.717, 1.165) is 10.0 Å². The van der Waals surface area contributed by atoms with Crippen molar-refractivity contribution in [3.63, 3.8) is 0 Å². The third-order valence-corrected chi connectivity index (χ3v) is 3.36. The summed E-state index contributed by atoms with van der Waals surface area (Å²) in [5.74, 6) is -0.427. The molecular formula is C14H20BrNO2. The lowest BCUT2D eigenvalue weighted by atomic mass is 10.0. The monoisotopic (exact) mass is 313 g/mol. The Kier molecular flexibility index (Phi) is 5.82. The lowest BCUT2D eigenvalue weighted by Crippen LogP contribution is -2.39. The van der Waals surface area contributed by atoms with E-state index in [1.165, 1.54) is 0 Å². The molecule has 1 aromatic rings. The molecule has 0 heterocycles. The van der Waals surface area contributed by atoms with Crippen LogP contribution in [0.2, 0.25) is 0 Å². The molecule has 1 rings (SSSR count). The van der Waals surface area contributed by atoms with Gasteiger partial charge in [-0.2, -0.15) is 0 Å². The zero-order valence-electron chi connectivity index (χ0n) is 11.0. The van der Waals surface area contributed by atoms with Crippen LogP contribution in [0.25, 0.3) is 0 Å². The van der Waals surface area contributed by atoms with E-state index in [2.05, 4.69) is 21.2 Å². The molecule has 0 bridgehead atoms. The molecule has 2 N–H and O–H groups in total. The SMILES string of the molecule is CC(C)CC(NC(C)c1ccc(Br)cc1)C(=O)O. The highest BCUT2D eigenvalue weighted by molar-refractivity contribution is 9.10. The van der Waals surface area contributed by atoms with Gasteiger partial charge in [0.2, 0.25) is 0 Å². The number of rotatable bonds is 6. The van der Waals surface area contributed by atoms with Gasteiger partial charge in [0.15, 0.2) is 0 Å². The summed E-state index contributed by atoms with van der Waals surface area (Å²) in [6, 6.07) is 7.45. The fourth-order valence-electron chi connectivity index (χ4n) is 1.86. The standard InChI is InChI=1S/C14H20BrNO2/c1-9(2)8-13(14(17)18)16-10(3)11-4-6-12(15)7-5-11/h4-7,9-10,13,16H,8H2,1-3H3,(H,17,18). The molecule has 4 heteroatoms. The van der Waals surface area contributed by atoms with E-state index in [0.29, 0.717) is 12.3 Å². The van der Waals surface area contributed by atoms with Crippen molar-refractivity contribution in [1.29, 1.82) is 0 Å². The van der Waals surface area contributed by atoms with Crippen molar-refractivity contribution in [2.75, 3.05) is 0 Å². The highest BCUT2D eigenvalue weighted by atomic mass is 79.9. The number of carboxylic acid groups (broad SMARTS) is 1. The van der Waals surface area contributed by atoms with Gasteiger partial charge < -0.3 is 5.11 Å². The second-order valence-electron chi connectivity index (χ2n) is 4.96. The Bertz CT molecular complexity index is 389. The second-order valence-corrected chi connectivity index (χ2v) is 5.88. The third-order valence-electron chi connectivity index (χ3n) is 2.83. The van der Waals surface area contributed by atoms with Crippen LogP contribution in [0.5, 0.6) is 0 Å². The van der Waals surface area contributed by atoms with Gasteiger partial charge in [-0.25, -0.2) is 0 Å². The van der Waals surface area contributed by atoms with Crippen LogP contribution in [0.15, 0.2) is 28.7 Å². The molecule has 0 spiro atoms.